The molecule has 0 N–H and O–H groups in total. The third-order valence-electron chi connectivity index (χ3n) is 3.83. The predicted molar refractivity (Wildman–Crippen MR) is 75.5 cm³/mol. The molecule has 6 nitrogen and oxygen atoms in total. The summed E-state index contributed by atoms with van der Waals surface area (Å²) in [4.78, 5) is 16.3. The van der Waals surface area contributed by atoms with Crippen LogP contribution in [0.3, 0.4) is 0 Å². The van der Waals surface area contributed by atoms with E-state index in [1.165, 1.54) is 10.9 Å². The number of aromatic nitrogens is 2. The van der Waals surface area contributed by atoms with Gasteiger partial charge in [0.1, 0.15) is 5.52 Å². The minimum Gasteiger partial charge on any atom is -0.868 e. The first-order valence-electron chi connectivity index (χ1n) is 7.06. The van der Waals surface area contributed by atoms with E-state index in [4.69, 9.17) is 0 Å². The third kappa shape index (κ3) is 2.95. The van der Waals surface area contributed by atoms with Gasteiger partial charge in [0.15, 0.2) is 6.20 Å². The number of rotatable bonds is 2. The van der Waals surface area contributed by atoms with Crippen LogP contribution in [0.5, 0.6) is 5.75 Å². The summed E-state index contributed by atoms with van der Waals surface area (Å²) < 4.78 is 1.45. The highest BCUT2D eigenvalue weighted by Crippen LogP contribution is 2.16. The molecule has 0 atom stereocenters. The highest BCUT2D eigenvalue weighted by Gasteiger charge is 2.22. The zero-order valence-electron chi connectivity index (χ0n) is 12.0. The van der Waals surface area contributed by atoms with Crippen molar-refractivity contribution in [3.63, 3.8) is 0 Å². The molecule has 110 valence electrons. The maximum atomic E-state index is 12.3. The second-order valence-corrected chi connectivity index (χ2v) is 5.39. The standard InChI is InChI=1S/C15H18N4O2/c1-17-6-8-18(9-7-17)15(21)11-19-10-14(20)12-4-2-3-5-13(12)16-19/h2-5,10H,6-9,11H2,1H3. The normalized spacial score (nSPS) is 16.3. The quantitative estimate of drug-likeness (QED) is 0.690. The van der Waals surface area contributed by atoms with Crippen molar-refractivity contribution in [2.24, 2.45) is 0 Å². The predicted octanol–water partition coefficient (Wildman–Crippen LogP) is -0.630. The van der Waals surface area contributed by atoms with Gasteiger partial charge in [0.2, 0.25) is 0 Å². The van der Waals surface area contributed by atoms with E-state index in [1.54, 1.807) is 12.1 Å². The van der Waals surface area contributed by atoms with Crippen molar-refractivity contribution < 1.29 is 14.6 Å². The van der Waals surface area contributed by atoms with Crippen molar-refractivity contribution in [2.75, 3.05) is 33.2 Å². The average molecular weight is 286 g/mol. The summed E-state index contributed by atoms with van der Waals surface area (Å²) in [5.41, 5.74) is 0.621. The van der Waals surface area contributed by atoms with Crippen LogP contribution in [-0.2, 0) is 11.3 Å². The molecule has 0 saturated carbocycles. The van der Waals surface area contributed by atoms with E-state index in [0.717, 1.165) is 26.2 Å². The number of piperazine rings is 1. The van der Waals surface area contributed by atoms with Gasteiger partial charge in [-0.15, -0.1) is 0 Å². The fourth-order valence-corrected chi connectivity index (χ4v) is 2.52. The molecule has 2 heterocycles. The lowest BCUT2D eigenvalue weighted by atomic mass is 10.2. The summed E-state index contributed by atoms with van der Waals surface area (Å²) in [7, 11) is 2.05. The summed E-state index contributed by atoms with van der Waals surface area (Å²) in [5.74, 6) is -0.0953. The third-order valence-corrected chi connectivity index (χ3v) is 3.83. The van der Waals surface area contributed by atoms with Gasteiger partial charge in [0, 0.05) is 36.7 Å². The van der Waals surface area contributed by atoms with Gasteiger partial charge in [0.05, 0.1) is 0 Å². The Hall–Kier alpha value is -2.21. The second-order valence-electron chi connectivity index (χ2n) is 5.39. The lowest BCUT2D eigenvalue weighted by Gasteiger charge is -2.31. The van der Waals surface area contributed by atoms with E-state index in [1.807, 2.05) is 24.1 Å². The second kappa shape index (κ2) is 5.65. The number of hydrogen-bond acceptors (Lipinski definition) is 4. The first-order valence-corrected chi connectivity index (χ1v) is 7.06. The monoisotopic (exact) mass is 286 g/mol. The lowest BCUT2D eigenvalue weighted by molar-refractivity contribution is -0.742. The van der Waals surface area contributed by atoms with E-state index in [0.29, 0.717) is 10.9 Å². The van der Waals surface area contributed by atoms with Crippen LogP contribution in [0.25, 0.3) is 10.9 Å². The molecule has 6 heteroatoms. The number of carbonyl (C=O) groups excluding carboxylic acids is 1. The van der Waals surface area contributed by atoms with Crippen LogP contribution in [-0.4, -0.2) is 54.0 Å². The highest BCUT2D eigenvalue weighted by atomic mass is 16.3. The molecular formula is C15H18N4O2. The zero-order chi connectivity index (χ0) is 14.8. The topological polar surface area (TPSA) is 63.4 Å². The summed E-state index contributed by atoms with van der Waals surface area (Å²) in [6.07, 6.45) is 1.40. The molecule has 0 radical (unpaired) electrons. The summed E-state index contributed by atoms with van der Waals surface area (Å²) in [6, 6.07) is 7.18. The zero-order valence-corrected chi connectivity index (χ0v) is 12.0. The van der Waals surface area contributed by atoms with Crippen molar-refractivity contribution in [1.29, 1.82) is 0 Å². The maximum absolute atomic E-state index is 12.3. The number of nitrogens with zero attached hydrogens (tertiary/aromatic N) is 4. The molecule has 0 unspecified atom stereocenters. The molecule has 1 aromatic carbocycles. The number of likely N-dealkylation sites (N-methyl/N-ethyl adjacent to an activating group) is 1. The van der Waals surface area contributed by atoms with Gasteiger partial charge in [0.25, 0.3) is 12.5 Å². The number of carbonyl (C=O) groups is 1. The Labute approximate surface area is 123 Å². The van der Waals surface area contributed by atoms with Gasteiger partial charge >= 0.3 is 0 Å². The first-order chi connectivity index (χ1) is 10.1. The fourth-order valence-electron chi connectivity index (χ4n) is 2.52. The van der Waals surface area contributed by atoms with Gasteiger partial charge in [-0.25, -0.2) is 0 Å². The Kier molecular flexibility index (Phi) is 3.70. The molecule has 0 bridgehead atoms. The van der Waals surface area contributed by atoms with E-state index in [9.17, 15) is 9.90 Å². The lowest BCUT2D eigenvalue weighted by Crippen LogP contribution is -2.52. The van der Waals surface area contributed by atoms with Gasteiger partial charge in [-0.2, -0.15) is 0 Å². The highest BCUT2D eigenvalue weighted by molar-refractivity contribution is 5.82. The number of fused-ring (bicyclic) bond motifs is 1. The van der Waals surface area contributed by atoms with E-state index in [-0.39, 0.29) is 18.2 Å². The molecule has 1 aliphatic heterocycles. The summed E-state index contributed by atoms with van der Waals surface area (Å²) in [6.45, 7) is 3.34. The molecule has 1 aromatic heterocycles. The van der Waals surface area contributed by atoms with Crippen molar-refractivity contribution in [1.82, 2.24) is 14.9 Å². The van der Waals surface area contributed by atoms with Gasteiger partial charge in [-0.3, -0.25) is 4.79 Å². The Morgan fingerprint density at radius 1 is 1.29 bits per heavy atom. The van der Waals surface area contributed by atoms with E-state index in [2.05, 4.69) is 10.00 Å². The molecule has 0 spiro atoms. The van der Waals surface area contributed by atoms with E-state index >= 15 is 0 Å². The SMILES string of the molecule is CN1CCN(C(=O)C[n+]2cc([O-])c3ccccc3n2)CC1. The molecule has 3 rings (SSSR count). The Morgan fingerprint density at radius 3 is 2.76 bits per heavy atom. The van der Waals surface area contributed by atoms with Crippen molar-refractivity contribution in [3.8, 4) is 5.75 Å². The largest absolute Gasteiger partial charge is 0.868 e. The molecule has 1 fully saturated rings. The van der Waals surface area contributed by atoms with Crippen molar-refractivity contribution in [2.45, 2.75) is 6.54 Å². The number of hydrogen-bond donors (Lipinski definition) is 0. The fraction of sp³-hybridized carbons (Fsp3) is 0.400. The van der Waals surface area contributed by atoms with Crippen LogP contribution in [0.2, 0.25) is 0 Å². The van der Waals surface area contributed by atoms with Crippen LogP contribution in [0.15, 0.2) is 30.5 Å². The Morgan fingerprint density at radius 2 is 2.00 bits per heavy atom. The van der Waals surface area contributed by atoms with Crippen LogP contribution in [0, 0.1) is 0 Å². The molecule has 2 aromatic rings. The minimum atomic E-state index is -0.105. The molecule has 1 amide bonds. The van der Waals surface area contributed by atoms with Crippen LogP contribution < -0.4 is 9.79 Å². The minimum absolute atomic E-state index is 0.00952. The molecule has 21 heavy (non-hydrogen) atoms. The first kappa shape index (κ1) is 13.8. The van der Waals surface area contributed by atoms with Crippen LogP contribution in [0.1, 0.15) is 0 Å². The molecule has 0 aliphatic carbocycles. The Bertz CT molecular complexity index is 666. The molecule has 1 aliphatic rings. The van der Waals surface area contributed by atoms with Crippen LogP contribution in [0.4, 0.5) is 0 Å². The summed E-state index contributed by atoms with van der Waals surface area (Å²) in [5, 5.41) is 16.9. The number of benzene rings is 1. The molecule has 1 saturated heterocycles. The number of amides is 1. The van der Waals surface area contributed by atoms with Crippen molar-refractivity contribution >= 4 is 16.8 Å². The van der Waals surface area contributed by atoms with Gasteiger partial charge in [-0.05, 0) is 18.9 Å². The summed E-state index contributed by atoms with van der Waals surface area (Å²) >= 11 is 0. The average Bonchev–Trinajstić information content (AvgIpc) is 2.48. The maximum Gasteiger partial charge on any atom is 0.291 e. The smallest absolute Gasteiger partial charge is 0.291 e. The van der Waals surface area contributed by atoms with Crippen molar-refractivity contribution in [3.05, 3.63) is 30.5 Å². The van der Waals surface area contributed by atoms with Gasteiger partial charge in [-0.1, -0.05) is 22.9 Å². The molecular weight excluding hydrogens is 268 g/mol. The van der Waals surface area contributed by atoms with Gasteiger partial charge < -0.3 is 14.9 Å². The van der Waals surface area contributed by atoms with Crippen LogP contribution >= 0.6 is 0 Å². The Balaban J connectivity index is 1.77. The van der Waals surface area contributed by atoms with E-state index < -0.39 is 0 Å².